The summed E-state index contributed by atoms with van der Waals surface area (Å²) < 4.78 is 12.4. The van der Waals surface area contributed by atoms with Gasteiger partial charge in [0.15, 0.2) is 5.78 Å². The van der Waals surface area contributed by atoms with Gasteiger partial charge in [-0.1, -0.05) is 6.07 Å². The van der Waals surface area contributed by atoms with Gasteiger partial charge in [-0.05, 0) is 19.1 Å². The molecule has 0 radical (unpaired) electrons. The van der Waals surface area contributed by atoms with Gasteiger partial charge in [0.05, 0.1) is 18.0 Å². The Morgan fingerprint density at radius 3 is 2.94 bits per heavy atom. The minimum atomic E-state index is -0.583. The highest BCUT2D eigenvalue weighted by Gasteiger charge is 2.24. The average Bonchev–Trinajstić information content (AvgIpc) is 2.32. The van der Waals surface area contributed by atoms with Crippen LogP contribution in [0.4, 0.5) is 10.1 Å². The van der Waals surface area contributed by atoms with E-state index < -0.39 is 6.67 Å². The molecule has 0 N–H and O–H groups in total. The molecule has 0 bridgehead atoms. The normalized spacial score (nSPS) is 14.7. The van der Waals surface area contributed by atoms with Crippen LogP contribution in [-0.4, -0.2) is 30.7 Å². The van der Waals surface area contributed by atoms with Crippen LogP contribution in [0, 0.1) is 0 Å². The molecule has 1 aromatic carbocycles. The van der Waals surface area contributed by atoms with Crippen molar-refractivity contribution in [1.82, 2.24) is 0 Å². The summed E-state index contributed by atoms with van der Waals surface area (Å²) in [5.41, 5.74) is 1.19. The molecule has 1 aliphatic heterocycles. The predicted molar refractivity (Wildman–Crippen MR) is 65.5 cm³/mol. The highest BCUT2D eigenvalue weighted by Crippen LogP contribution is 2.35. The quantitative estimate of drug-likeness (QED) is 0.776. The van der Waals surface area contributed by atoms with Gasteiger partial charge in [0, 0.05) is 10.5 Å². The van der Waals surface area contributed by atoms with Gasteiger partial charge in [0.25, 0.3) is 0 Å². The number of halogens is 1. The maximum atomic E-state index is 12.4. The van der Waals surface area contributed by atoms with Gasteiger partial charge in [-0.25, -0.2) is 4.39 Å². The molecule has 0 aromatic heterocycles. The number of alkyl halides is 1. The van der Waals surface area contributed by atoms with Crippen molar-refractivity contribution in [2.24, 2.45) is 0 Å². The van der Waals surface area contributed by atoms with E-state index in [0.29, 0.717) is 17.0 Å². The number of benzene rings is 1. The van der Waals surface area contributed by atoms with Gasteiger partial charge in [-0.3, -0.25) is 9.59 Å². The van der Waals surface area contributed by atoms with Gasteiger partial charge in [-0.15, -0.1) is 11.8 Å². The van der Waals surface area contributed by atoms with E-state index in [2.05, 4.69) is 0 Å². The van der Waals surface area contributed by atoms with Gasteiger partial charge in [0.2, 0.25) is 5.91 Å². The van der Waals surface area contributed by atoms with Crippen molar-refractivity contribution in [3.63, 3.8) is 0 Å². The van der Waals surface area contributed by atoms with Crippen LogP contribution in [-0.2, 0) is 4.79 Å². The molecule has 0 spiro atoms. The SMILES string of the molecule is CC(=O)c1ccc2c(c1)N(CCF)C(=O)CS2. The Kier molecular flexibility index (Phi) is 3.47. The van der Waals surface area contributed by atoms with Gasteiger partial charge in [-0.2, -0.15) is 0 Å². The zero-order chi connectivity index (χ0) is 12.4. The van der Waals surface area contributed by atoms with Crippen LogP contribution in [0.3, 0.4) is 0 Å². The van der Waals surface area contributed by atoms with E-state index in [9.17, 15) is 14.0 Å². The Balaban J connectivity index is 2.44. The molecule has 0 saturated carbocycles. The van der Waals surface area contributed by atoms with Crippen LogP contribution >= 0.6 is 11.8 Å². The minimum Gasteiger partial charge on any atom is -0.308 e. The molecule has 2 rings (SSSR count). The summed E-state index contributed by atoms with van der Waals surface area (Å²) in [7, 11) is 0. The van der Waals surface area contributed by atoms with Crippen LogP contribution < -0.4 is 4.90 Å². The molecule has 1 amide bonds. The van der Waals surface area contributed by atoms with E-state index in [0.717, 1.165) is 4.90 Å². The molecule has 0 unspecified atom stereocenters. The Hall–Kier alpha value is -1.36. The molecular weight excluding hydrogens is 241 g/mol. The first-order chi connectivity index (χ1) is 8.13. The van der Waals surface area contributed by atoms with Crippen molar-refractivity contribution in [2.45, 2.75) is 11.8 Å². The number of fused-ring (bicyclic) bond motifs is 1. The third kappa shape index (κ3) is 2.34. The van der Waals surface area contributed by atoms with E-state index in [1.165, 1.54) is 23.6 Å². The first-order valence-corrected chi connectivity index (χ1v) is 6.26. The van der Waals surface area contributed by atoms with Gasteiger partial charge < -0.3 is 4.90 Å². The third-order valence-electron chi connectivity index (χ3n) is 2.62. The Morgan fingerprint density at radius 1 is 1.53 bits per heavy atom. The molecule has 1 heterocycles. The second-order valence-corrected chi connectivity index (χ2v) is 4.78. The van der Waals surface area contributed by atoms with E-state index >= 15 is 0 Å². The van der Waals surface area contributed by atoms with Crippen LogP contribution in [0.15, 0.2) is 23.1 Å². The van der Waals surface area contributed by atoms with E-state index in [1.807, 2.05) is 6.07 Å². The molecule has 5 heteroatoms. The van der Waals surface area contributed by atoms with Gasteiger partial charge in [0.1, 0.15) is 6.67 Å². The smallest absolute Gasteiger partial charge is 0.237 e. The number of carbonyl (C=O) groups is 2. The number of Topliss-reactive ketones (excluding diaryl/α,β-unsaturated/α-hetero) is 1. The molecule has 0 aliphatic carbocycles. The van der Waals surface area contributed by atoms with Crippen molar-refractivity contribution in [1.29, 1.82) is 0 Å². The number of hydrogen-bond donors (Lipinski definition) is 0. The molecule has 0 saturated heterocycles. The molecule has 90 valence electrons. The number of thioether (sulfide) groups is 1. The first kappa shape index (κ1) is 12.1. The van der Waals surface area contributed by atoms with Crippen LogP contribution in [0.1, 0.15) is 17.3 Å². The van der Waals surface area contributed by atoms with E-state index in [-0.39, 0.29) is 18.2 Å². The standard InChI is InChI=1S/C12H12FNO2S/c1-8(15)9-2-3-11-10(6-9)14(5-4-13)12(16)7-17-11/h2-3,6H,4-5,7H2,1H3. The summed E-state index contributed by atoms with van der Waals surface area (Å²) in [5.74, 6) is 0.156. The highest BCUT2D eigenvalue weighted by molar-refractivity contribution is 8.00. The van der Waals surface area contributed by atoms with Crippen LogP contribution in [0.2, 0.25) is 0 Å². The minimum absolute atomic E-state index is 0.0494. The van der Waals surface area contributed by atoms with Crippen molar-refractivity contribution in [3.05, 3.63) is 23.8 Å². The number of hydrogen-bond acceptors (Lipinski definition) is 3. The number of carbonyl (C=O) groups excluding carboxylic acids is 2. The van der Waals surface area contributed by atoms with Gasteiger partial charge >= 0.3 is 0 Å². The summed E-state index contributed by atoms with van der Waals surface area (Å²) in [6, 6.07) is 5.21. The first-order valence-electron chi connectivity index (χ1n) is 5.27. The van der Waals surface area contributed by atoms with E-state index in [1.54, 1.807) is 12.1 Å². The molecule has 1 aliphatic rings. The second-order valence-electron chi connectivity index (χ2n) is 3.76. The van der Waals surface area contributed by atoms with Crippen molar-refractivity contribution < 1.29 is 14.0 Å². The van der Waals surface area contributed by atoms with Crippen molar-refractivity contribution in [2.75, 3.05) is 23.9 Å². The molecular formula is C12H12FNO2S. The number of ketones is 1. The number of anilines is 1. The number of rotatable bonds is 3. The fourth-order valence-corrected chi connectivity index (χ4v) is 2.67. The van der Waals surface area contributed by atoms with Crippen molar-refractivity contribution in [3.8, 4) is 0 Å². The zero-order valence-electron chi connectivity index (χ0n) is 9.40. The Labute approximate surface area is 103 Å². The molecule has 17 heavy (non-hydrogen) atoms. The lowest BCUT2D eigenvalue weighted by atomic mass is 10.1. The lowest BCUT2D eigenvalue weighted by Crippen LogP contribution is -2.37. The lowest BCUT2D eigenvalue weighted by molar-refractivity contribution is -0.116. The largest absolute Gasteiger partial charge is 0.308 e. The molecule has 0 atom stereocenters. The monoisotopic (exact) mass is 253 g/mol. The molecule has 3 nitrogen and oxygen atoms in total. The summed E-state index contributed by atoms with van der Waals surface area (Å²) >= 11 is 1.42. The average molecular weight is 253 g/mol. The Bertz CT molecular complexity index is 476. The lowest BCUT2D eigenvalue weighted by Gasteiger charge is -2.28. The molecule has 1 aromatic rings. The maximum Gasteiger partial charge on any atom is 0.237 e. The van der Waals surface area contributed by atoms with Crippen LogP contribution in [0.25, 0.3) is 0 Å². The fraction of sp³-hybridized carbons (Fsp3) is 0.333. The zero-order valence-corrected chi connectivity index (χ0v) is 10.2. The number of nitrogens with zero attached hydrogens (tertiary/aromatic N) is 1. The Morgan fingerprint density at radius 2 is 2.29 bits per heavy atom. The fourth-order valence-electron chi connectivity index (χ4n) is 1.75. The second kappa shape index (κ2) is 4.87. The summed E-state index contributed by atoms with van der Waals surface area (Å²) in [4.78, 5) is 25.3. The summed E-state index contributed by atoms with van der Waals surface area (Å²) in [5, 5.41) is 0. The topological polar surface area (TPSA) is 37.4 Å². The molecule has 0 fully saturated rings. The van der Waals surface area contributed by atoms with E-state index in [4.69, 9.17) is 0 Å². The van der Waals surface area contributed by atoms with Crippen molar-refractivity contribution >= 4 is 29.1 Å². The number of amides is 1. The third-order valence-corrected chi connectivity index (χ3v) is 3.66. The summed E-state index contributed by atoms with van der Waals surface area (Å²) in [6.45, 7) is 0.937. The predicted octanol–water partition coefficient (Wildman–Crippen LogP) is 2.30. The van der Waals surface area contributed by atoms with Crippen LogP contribution in [0.5, 0.6) is 0 Å². The maximum absolute atomic E-state index is 12.4. The summed E-state index contributed by atoms with van der Waals surface area (Å²) in [6.07, 6.45) is 0. The highest BCUT2D eigenvalue weighted by atomic mass is 32.2.